The maximum Gasteiger partial charge on any atom is 0.222 e. The Bertz CT molecular complexity index is 683. The van der Waals surface area contributed by atoms with Crippen molar-refractivity contribution in [2.45, 2.75) is 32.9 Å². The summed E-state index contributed by atoms with van der Waals surface area (Å²) >= 11 is 0. The van der Waals surface area contributed by atoms with E-state index in [2.05, 4.69) is 51.0 Å². The summed E-state index contributed by atoms with van der Waals surface area (Å²) in [6.45, 7) is 7.79. The Balaban J connectivity index is 1.72. The molecule has 3 rings (SSSR count). The van der Waals surface area contributed by atoms with Crippen molar-refractivity contribution in [3.8, 4) is 0 Å². The largest absolute Gasteiger partial charge is 0.396 e. The zero-order chi connectivity index (χ0) is 17.8. The van der Waals surface area contributed by atoms with Gasteiger partial charge in [-0.1, -0.05) is 29.8 Å². The highest BCUT2D eigenvalue weighted by atomic mass is 16.3. The van der Waals surface area contributed by atoms with Crippen molar-refractivity contribution in [2.75, 3.05) is 36.9 Å². The maximum absolute atomic E-state index is 9.49. The SMILES string of the molecule is Cc1ccc(CN2CCN(c3cc(C)nc(N)n3)C[C@@H]2CCO)cc1. The second-order valence-electron chi connectivity index (χ2n) is 6.79. The highest BCUT2D eigenvalue weighted by molar-refractivity contribution is 5.44. The molecule has 0 saturated carbocycles. The quantitative estimate of drug-likeness (QED) is 0.863. The summed E-state index contributed by atoms with van der Waals surface area (Å²) in [7, 11) is 0. The number of aliphatic hydroxyl groups is 1. The van der Waals surface area contributed by atoms with Gasteiger partial charge in [-0.15, -0.1) is 0 Å². The van der Waals surface area contributed by atoms with E-state index in [4.69, 9.17) is 5.73 Å². The smallest absolute Gasteiger partial charge is 0.222 e. The standard InChI is InChI=1S/C19H27N5O/c1-14-3-5-16(6-4-14)12-23-8-9-24(13-17(23)7-10-25)18-11-15(2)21-19(20)22-18/h3-6,11,17,25H,7-10,12-13H2,1-2H3,(H2,20,21,22)/t17-/m0/s1. The fraction of sp³-hybridized carbons (Fsp3) is 0.474. The van der Waals surface area contributed by atoms with Gasteiger partial charge in [-0.2, -0.15) is 4.98 Å². The average molecular weight is 341 g/mol. The molecule has 1 aliphatic rings. The molecule has 1 atom stereocenters. The normalized spacial score (nSPS) is 18.5. The first-order valence-corrected chi connectivity index (χ1v) is 8.81. The number of nitrogen functional groups attached to an aromatic ring is 1. The van der Waals surface area contributed by atoms with Gasteiger partial charge >= 0.3 is 0 Å². The van der Waals surface area contributed by atoms with Crippen LogP contribution < -0.4 is 10.6 Å². The van der Waals surface area contributed by atoms with E-state index in [1.807, 2.05) is 13.0 Å². The molecule has 6 heteroatoms. The number of rotatable bonds is 5. The first-order chi connectivity index (χ1) is 12.0. The van der Waals surface area contributed by atoms with E-state index in [1.165, 1.54) is 11.1 Å². The molecule has 134 valence electrons. The number of nitrogens with two attached hydrogens (primary N) is 1. The van der Waals surface area contributed by atoms with Crippen molar-refractivity contribution in [1.29, 1.82) is 0 Å². The Hall–Kier alpha value is -2.18. The number of aryl methyl sites for hydroxylation is 2. The summed E-state index contributed by atoms with van der Waals surface area (Å²) in [5.41, 5.74) is 9.26. The van der Waals surface area contributed by atoms with Crippen molar-refractivity contribution in [2.24, 2.45) is 0 Å². The molecule has 2 aromatic rings. The van der Waals surface area contributed by atoms with E-state index in [0.717, 1.165) is 44.1 Å². The van der Waals surface area contributed by atoms with Gasteiger partial charge in [0.15, 0.2) is 0 Å². The van der Waals surface area contributed by atoms with Gasteiger partial charge in [-0.25, -0.2) is 4.98 Å². The van der Waals surface area contributed by atoms with Crippen LogP contribution in [0.1, 0.15) is 23.2 Å². The van der Waals surface area contributed by atoms with E-state index < -0.39 is 0 Å². The lowest BCUT2D eigenvalue weighted by Crippen LogP contribution is -2.53. The molecule has 1 aromatic heterocycles. The summed E-state index contributed by atoms with van der Waals surface area (Å²) < 4.78 is 0. The molecule has 2 heterocycles. The molecule has 1 saturated heterocycles. The van der Waals surface area contributed by atoms with Crippen LogP contribution in [-0.2, 0) is 6.54 Å². The van der Waals surface area contributed by atoms with Crippen molar-refractivity contribution < 1.29 is 5.11 Å². The van der Waals surface area contributed by atoms with Gasteiger partial charge in [-0.3, -0.25) is 4.90 Å². The Kier molecular flexibility index (Phi) is 5.50. The van der Waals surface area contributed by atoms with Gasteiger partial charge < -0.3 is 15.7 Å². The van der Waals surface area contributed by atoms with Crippen LogP contribution in [0, 0.1) is 13.8 Å². The Labute approximate surface area is 149 Å². The maximum atomic E-state index is 9.49. The second-order valence-corrected chi connectivity index (χ2v) is 6.79. The van der Waals surface area contributed by atoms with Crippen molar-refractivity contribution >= 4 is 11.8 Å². The van der Waals surface area contributed by atoms with Crippen LogP contribution in [0.4, 0.5) is 11.8 Å². The lowest BCUT2D eigenvalue weighted by Gasteiger charge is -2.42. The third-order valence-electron chi connectivity index (χ3n) is 4.76. The summed E-state index contributed by atoms with van der Waals surface area (Å²) in [5, 5.41) is 9.49. The lowest BCUT2D eigenvalue weighted by molar-refractivity contribution is 0.135. The topological polar surface area (TPSA) is 78.5 Å². The van der Waals surface area contributed by atoms with Gasteiger partial charge in [0.1, 0.15) is 5.82 Å². The summed E-state index contributed by atoms with van der Waals surface area (Å²) in [6, 6.07) is 10.9. The lowest BCUT2D eigenvalue weighted by atomic mass is 10.1. The highest BCUT2D eigenvalue weighted by Gasteiger charge is 2.27. The summed E-state index contributed by atoms with van der Waals surface area (Å²) in [4.78, 5) is 13.2. The molecule has 0 amide bonds. The third-order valence-corrected chi connectivity index (χ3v) is 4.76. The van der Waals surface area contributed by atoms with E-state index in [1.54, 1.807) is 0 Å². The van der Waals surface area contributed by atoms with Gasteiger partial charge in [0.05, 0.1) is 0 Å². The van der Waals surface area contributed by atoms with Gasteiger partial charge in [-0.05, 0) is 25.8 Å². The zero-order valence-corrected chi connectivity index (χ0v) is 15.0. The second kappa shape index (κ2) is 7.80. The number of hydrogen-bond donors (Lipinski definition) is 2. The monoisotopic (exact) mass is 341 g/mol. The van der Waals surface area contributed by atoms with Gasteiger partial charge in [0.25, 0.3) is 0 Å². The van der Waals surface area contributed by atoms with Crippen LogP contribution in [0.5, 0.6) is 0 Å². The molecule has 1 fully saturated rings. The molecular formula is C19H27N5O. The summed E-state index contributed by atoms with van der Waals surface area (Å²) in [5.74, 6) is 1.19. The first-order valence-electron chi connectivity index (χ1n) is 8.81. The molecule has 1 aliphatic heterocycles. The van der Waals surface area contributed by atoms with Crippen LogP contribution in [0.3, 0.4) is 0 Å². The number of benzene rings is 1. The van der Waals surface area contributed by atoms with Crippen LogP contribution in [0.15, 0.2) is 30.3 Å². The summed E-state index contributed by atoms with van der Waals surface area (Å²) in [6.07, 6.45) is 0.752. The third kappa shape index (κ3) is 4.46. The number of piperazine rings is 1. The first kappa shape index (κ1) is 17.6. The number of anilines is 2. The Morgan fingerprint density at radius 3 is 2.60 bits per heavy atom. The van der Waals surface area contributed by atoms with E-state index in [9.17, 15) is 5.11 Å². The minimum Gasteiger partial charge on any atom is -0.396 e. The molecule has 1 aromatic carbocycles. The van der Waals surface area contributed by atoms with Crippen molar-refractivity contribution in [3.05, 3.63) is 47.2 Å². The molecule has 0 radical (unpaired) electrons. The van der Waals surface area contributed by atoms with Gasteiger partial charge in [0.2, 0.25) is 5.95 Å². The highest BCUT2D eigenvalue weighted by Crippen LogP contribution is 2.22. The predicted molar refractivity (Wildman–Crippen MR) is 100 cm³/mol. The van der Waals surface area contributed by atoms with Crippen molar-refractivity contribution in [3.63, 3.8) is 0 Å². The van der Waals surface area contributed by atoms with Gasteiger partial charge in [0, 0.05) is 50.6 Å². The minimum absolute atomic E-state index is 0.188. The molecule has 0 unspecified atom stereocenters. The molecule has 0 bridgehead atoms. The van der Waals surface area contributed by atoms with Crippen LogP contribution in [-0.4, -0.2) is 52.3 Å². The van der Waals surface area contributed by atoms with E-state index in [-0.39, 0.29) is 12.6 Å². The van der Waals surface area contributed by atoms with Crippen LogP contribution in [0.25, 0.3) is 0 Å². The Morgan fingerprint density at radius 1 is 1.16 bits per heavy atom. The number of aromatic nitrogens is 2. The fourth-order valence-electron chi connectivity index (χ4n) is 3.40. The number of hydrogen-bond acceptors (Lipinski definition) is 6. The number of aliphatic hydroxyl groups excluding tert-OH is 1. The van der Waals surface area contributed by atoms with Crippen LogP contribution in [0.2, 0.25) is 0 Å². The number of nitrogens with zero attached hydrogens (tertiary/aromatic N) is 4. The Morgan fingerprint density at radius 2 is 1.92 bits per heavy atom. The molecule has 6 nitrogen and oxygen atoms in total. The zero-order valence-electron chi connectivity index (χ0n) is 15.0. The fourth-order valence-corrected chi connectivity index (χ4v) is 3.40. The predicted octanol–water partition coefficient (Wildman–Crippen LogP) is 1.75. The molecular weight excluding hydrogens is 314 g/mol. The minimum atomic E-state index is 0.188. The van der Waals surface area contributed by atoms with Crippen molar-refractivity contribution in [1.82, 2.24) is 14.9 Å². The molecule has 0 aliphatic carbocycles. The molecule has 3 N–H and O–H groups in total. The molecule has 25 heavy (non-hydrogen) atoms. The van der Waals surface area contributed by atoms with Crippen LogP contribution >= 0.6 is 0 Å². The van der Waals surface area contributed by atoms with E-state index in [0.29, 0.717) is 5.95 Å². The molecule has 0 spiro atoms. The van der Waals surface area contributed by atoms with E-state index >= 15 is 0 Å². The average Bonchev–Trinajstić information content (AvgIpc) is 2.58.